The number of aromatic amines is 1. The van der Waals surface area contributed by atoms with Crippen molar-refractivity contribution in [3.8, 4) is 0 Å². The first-order chi connectivity index (χ1) is 10.0. The number of aromatic nitrogens is 2. The van der Waals surface area contributed by atoms with Crippen LogP contribution in [0.2, 0.25) is 0 Å². The average molecular weight is 294 g/mol. The van der Waals surface area contributed by atoms with Crippen molar-refractivity contribution in [2.75, 3.05) is 0 Å². The lowest BCUT2D eigenvalue weighted by molar-refractivity contribution is -0.139. The van der Waals surface area contributed by atoms with Gasteiger partial charge in [0.05, 0.1) is 18.0 Å². The zero-order chi connectivity index (χ0) is 15.3. The fourth-order valence-electron chi connectivity index (χ4n) is 2.92. The standard InChI is InChI=1S/C14H22N4O3/c1-10(12-15-7-8-16-12)17-13(21)18-14(9-11(19)20)5-3-2-4-6-14/h7-8,10H,2-6,9H2,1H3,(H,15,16)(H,19,20)(H2,17,18,21). The highest BCUT2D eigenvalue weighted by Crippen LogP contribution is 2.31. The first-order valence-electron chi connectivity index (χ1n) is 7.30. The number of carbonyl (C=O) groups is 2. The molecule has 1 unspecified atom stereocenters. The molecule has 4 N–H and O–H groups in total. The summed E-state index contributed by atoms with van der Waals surface area (Å²) >= 11 is 0. The first-order valence-corrected chi connectivity index (χ1v) is 7.30. The Morgan fingerprint density at radius 3 is 2.71 bits per heavy atom. The zero-order valence-electron chi connectivity index (χ0n) is 12.2. The van der Waals surface area contributed by atoms with Crippen LogP contribution in [0.4, 0.5) is 4.79 Å². The molecule has 2 rings (SSSR count). The van der Waals surface area contributed by atoms with Crippen LogP contribution in [0, 0.1) is 0 Å². The molecule has 1 aromatic heterocycles. The highest BCUT2D eigenvalue weighted by molar-refractivity contribution is 5.77. The van der Waals surface area contributed by atoms with E-state index in [1.807, 2.05) is 6.92 Å². The predicted molar refractivity (Wildman–Crippen MR) is 76.7 cm³/mol. The van der Waals surface area contributed by atoms with E-state index >= 15 is 0 Å². The quantitative estimate of drug-likeness (QED) is 0.665. The third kappa shape index (κ3) is 4.21. The second kappa shape index (κ2) is 6.60. The third-order valence-corrected chi connectivity index (χ3v) is 3.96. The van der Waals surface area contributed by atoms with E-state index in [1.54, 1.807) is 12.4 Å². The van der Waals surface area contributed by atoms with Crippen molar-refractivity contribution >= 4 is 12.0 Å². The highest BCUT2D eigenvalue weighted by Gasteiger charge is 2.36. The van der Waals surface area contributed by atoms with Crippen molar-refractivity contribution in [1.29, 1.82) is 0 Å². The highest BCUT2D eigenvalue weighted by atomic mass is 16.4. The Morgan fingerprint density at radius 2 is 2.14 bits per heavy atom. The van der Waals surface area contributed by atoms with Gasteiger partial charge in [-0.15, -0.1) is 0 Å². The van der Waals surface area contributed by atoms with Gasteiger partial charge in [0.1, 0.15) is 5.82 Å². The first kappa shape index (κ1) is 15.3. The van der Waals surface area contributed by atoms with E-state index in [-0.39, 0.29) is 18.5 Å². The summed E-state index contributed by atoms with van der Waals surface area (Å²) in [6.45, 7) is 1.82. The van der Waals surface area contributed by atoms with Crippen molar-refractivity contribution in [2.24, 2.45) is 0 Å². The number of amides is 2. The minimum absolute atomic E-state index is 0.0322. The van der Waals surface area contributed by atoms with Gasteiger partial charge < -0.3 is 20.7 Å². The van der Waals surface area contributed by atoms with Gasteiger partial charge in [0.25, 0.3) is 0 Å². The zero-order valence-corrected chi connectivity index (χ0v) is 12.2. The van der Waals surface area contributed by atoms with Crippen LogP contribution in [0.5, 0.6) is 0 Å². The van der Waals surface area contributed by atoms with Crippen LogP contribution in [0.15, 0.2) is 12.4 Å². The number of H-pyrrole nitrogens is 1. The summed E-state index contributed by atoms with van der Waals surface area (Å²) in [6, 6.07) is -0.604. The van der Waals surface area contributed by atoms with Crippen LogP contribution >= 0.6 is 0 Å². The summed E-state index contributed by atoms with van der Waals surface area (Å²) in [6.07, 6.45) is 7.69. The summed E-state index contributed by atoms with van der Waals surface area (Å²) in [5.74, 6) is -0.211. The van der Waals surface area contributed by atoms with Crippen LogP contribution in [0.25, 0.3) is 0 Å². The Bertz CT molecular complexity index is 480. The number of nitrogens with one attached hydrogen (secondary N) is 3. The number of carboxylic acids is 1. The maximum atomic E-state index is 12.1. The van der Waals surface area contributed by atoms with E-state index in [1.165, 1.54) is 0 Å². The molecule has 116 valence electrons. The van der Waals surface area contributed by atoms with Gasteiger partial charge in [0.2, 0.25) is 0 Å². The SMILES string of the molecule is CC(NC(=O)NC1(CC(=O)O)CCCCC1)c1ncc[nH]1. The van der Waals surface area contributed by atoms with Gasteiger partial charge in [-0.2, -0.15) is 0 Å². The number of nitrogens with zero attached hydrogens (tertiary/aromatic N) is 1. The van der Waals surface area contributed by atoms with Gasteiger partial charge in [-0.3, -0.25) is 4.79 Å². The fraction of sp³-hybridized carbons (Fsp3) is 0.643. The molecule has 0 aromatic carbocycles. The van der Waals surface area contributed by atoms with Crippen LogP contribution in [0.3, 0.4) is 0 Å². The Kier molecular flexibility index (Phi) is 4.82. The van der Waals surface area contributed by atoms with Crippen molar-refractivity contribution in [3.63, 3.8) is 0 Å². The van der Waals surface area contributed by atoms with Crippen molar-refractivity contribution < 1.29 is 14.7 Å². The molecular weight excluding hydrogens is 272 g/mol. The molecule has 0 radical (unpaired) electrons. The number of aliphatic carboxylic acids is 1. The molecule has 1 heterocycles. The van der Waals surface area contributed by atoms with Crippen molar-refractivity contribution in [1.82, 2.24) is 20.6 Å². The molecule has 1 saturated carbocycles. The maximum absolute atomic E-state index is 12.1. The molecule has 0 spiro atoms. The van der Waals surface area contributed by atoms with Gasteiger partial charge in [-0.05, 0) is 19.8 Å². The van der Waals surface area contributed by atoms with Crippen molar-refractivity contribution in [2.45, 2.75) is 57.0 Å². The predicted octanol–water partition coefficient (Wildman–Crippen LogP) is 1.95. The summed E-state index contributed by atoms with van der Waals surface area (Å²) in [5, 5.41) is 14.8. The normalized spacial score (nSPS) is 18.7. The van der Waals surface area contributed by atoms with Gasteiger partial charge >= 0.3 is 12.0 Å². The molecule has 7 heteroatoms. The topological polar surface area (TPSA) is 107 Å². The summed E-state index contributed by atoms with van der Waals surface area (Å²) in [4.78, 5) is 30.3. The Morgan fingerprint density at radius 1 is 1.43 bits per heavy atom. The molecule has 1 atom stereocenters. The Hall–Kier alpha value is -2.05. The molecule has 7 nitrogen and oxygen atoms in total. The Balaban J connectivity index is 1.96. The molecular formula is C14H22N4O3. The number of hydrogen-bond donors (Lipinski definition) is 4. The van der Waals surface area contributed by atoms with Crippen LogP contribution in [-0.2, 0) is 4.79 Å². The van der Waals surface area contributed by atoms with Gasteiger partial charge in [-0.25, -0.2) is 9.78 Å². The minimum atomic E-state index is -0.878. The van der Waals surface area contributed by atoms with E-state index in [9.17, 15) is 9.59 Å². The maximum Gasteiger partial charge on any atom is 0.315 e. The molecule has 2 amide bonds. The van der Waals surface area contributed by atoms with Crippen LogP contribution in [0.1, 0.15) is 57.3 Å². The Labute approximate surface area is 123 Å². The second-order valence-electron chi connectivity index (χ2n) is 5.71. The number of urea groups is 1. The molecule has 0 aliphatic heterocycles. The van der Waals surface area contributed by atoms with Crippen molar-refractivity contribution in [3.05, 3.63) is 18.2 Å². The summed E-state index contributed by atoms with van der Waals surface area (Å²) in [7, 11) is 0. The van der Waals surface area contributed by atoms with Crippen LogP contribution < -0.4 is 10.6 Å². The molecule has 1 aliphatic carbocycles. The fourth-order valence-corrected chi connectivity index (χ4v) is 2.92. The molecule has 1 fully saturated rings. The van der Waals surface area contributed by atoms with Gasteiger partial charge in [-0.1, -0.05) is 19.3 Å². The molecule has 1 aliphatic rings. The third-order valence-electron chi connectivity index (χ3n) is 3.96. The number of imidazole rings is 1. The summed E-state index contributed by atoms with van der Waals surface area (Å²) in [5.41, 5.74) is -0.628. The smallest absolute Gasteiger partial charge is 0.315 e. The van der Waals surface area contributed by atoms with Crippen LogP contribution in [-0.4, -0.2) is 32.6 Å². The molecule has 1 aromatic rings. The number of rotatable bonds is 5. The van der Waals surface area contributed by atoms with E-state index in [2.05, 4.69) is 20.6 Å². The lowest BCUT2D eigenvalue weighted by atomic mass is 9.79. The van der Waals surface area contributed by atoms with E-state index in [0.717, 1.165) is 19.3 Å². The van der Waals surface area contributed by atoms with Gasteiger partial charge in [0.15, 0.2) is 0 Å². The largest absolute Gasteiger partial charge is 0.481 e. The summed E-state index contributed by atoms with van der Waals surface area (Å²) < 4.78 is 0. The molecule has 21 heavy (non-hydrogen) atoms. The molecule has 0 bridgehead atoms. The van der Waals surface area contributed by atoms with E-state index in [0.29, 0.717) is 18.7 Å². The molecule has 0 saturated heterocycles. The average Bonchev–Trinajstić information content (AvgIpc) is 2.92. The van der Waals surface area contributed by atoms with E-state index < -0.39 is 11.5 Å². The lowest BCUT2D eigenvalue weighted by Gasteiger charge is -2.37. The number of hydrogen-bond acceptors (Lipinski definition) is 3. The van der Waals surface area contributed by atoms with E-state index in [4.69, 9.17) is 5.11 Å². The minimum Gasteiger partial charge on any atom is -0.481 e. The monoisotopic (exact) mass is 294 g/mol. The lowest BCUT2D eigenvalue weighted by Crippen LogP contribution is -2.54. The number of carboxylic acid groups (broad SMARTS) is 1. The second-order valence-corrected chi connectivity index (χ2v) is 5.71. The van der Waals surface area contributed by atoms with Gasteiger partial charge in [0, 0.05) is 12.4 Å². The number of carbonyl (C=O) groups excluding carboxylic acids is 1.